The molecule has 0 radical (unpaired) electrons. The number of nitriles is 1. The van der Waals surface area contributed by atoms with E-state index in [0.717, 1.165) is 0 Å². The van der Waals surface area contributed by atoms with E-state index < -0.39 is 0 Å². The number of aromatic nitrogens is 2. The summed E-state index contributed by atoms with van der Waals surface area (Å²) in [6.45, 7) is 1.70. The largest absolute Gasteiger partial charge is 0.288 e. The molecule has 0 amide bonds. The third kappa shape index (κ3) is 2.28. The van der Waals surface area contributed by atoms with Gasteiger partial charge in [-0.3, -0.25) is 4.79 Å². The molecule has 0 fully saturated rings. The number of benzene rings is 1. The van der Waals surface area contributed by atoms with Crippen LogP contribution in [0.3, 0.4) is 0 Å². The van der Waals surface area contributed by atoms with E-state index in [4.69, 9.17) is 5.26 Å². The first-order chi connectivity index (χ1) is 8.61. The maximum absolute atomic E-state index is 13.2. The fourth-order valence-electron chi connectivity index (χ4n) is 1.65. The molecule has 1 aromatic heterocycles. The molecule has 0 aliphatic carbocycles. The fraction of sp³-hybridized carbons (Fsp3) is 0.154. The van der Waals surface area contributed by atoms with Crippen LogP contribution in [-0.4, -0.2) is 9.78 Å². The Bertz CT molecular complexity index is 685. The first-order valence-corrected chi connectivity index (χ1v) is 5.34. The predicted molar refractivity (Wildman–Crippen MR) is 63.8 cm³/mol. The van der Waals surface area contributed by atoms with Crippen LogP contribution in [0.15, 0.2) is 35.1 Å². The molecule has 2 aromatic rings. The van der Waals surface area contributed by atoms with Crippen molar-refractivity contribution < 1.29 is 4.39 Å². The summed E-state index contributed by atoms with van der Waals surface area (Å²) in [6.07, 6.45) is -0.0611. The Labute approximate surface area is 103 Å². The highest BCUT2D eigenvalue weighted by Gasteiger charge is 2.07. The average Bonchev–Trinajstić information content (AvgIpc) is 2.33. The van der Waals surface area contributed by atoms with E-state index in [-0.39, 0.29) is 23.4 Å². The molecule has 0 saturated carbocycles. The second-order valence-electron chi connectivity index (χ2n) is 3.82. The number of hydrogen-bond acceptors (Lipinski definition) is 3. The van der Waals surface area contributed by atoms with Crippen LogP contribution >= 0.6 is 0 Å². The lowest BCUT2D eigenvalue weighted by Crippen LogP contribution is -2.18. The van der Waals surface area contributed by atoms with Crippen LogP contribution in [0.1, 0.15) is 11.4 Å². The van der Waals surface area contributed by atoms with Crippen LogP contribution in [0.25, 0.3) is 5.69 Å². The summed E-state index contributed by atoms with van der Waals surface area (Å²) in [5.74, 6) is -0.380. The topological polar surface area (TPSA) is 58.7 Å². The Morgan fingerprint density at radius 3 is 2.89 bits per heavy atom. The van der Waals surface area contributed by atoms with Crippen LogP contribution in [0, 0.1) is 24.1 Å². The second kappa shape index (κ2) is 4.80. The summed E-state index contributed by atoms with van der Waals surface area (Å²) in [6, 6.07) is 9.18. The maximum atomic E-state index is 13.2. The minimum absolute atomic E-state index is 0.0611. The Balaban J connectivity index is 2.61. The van der Waals surface area contributed by atoms with Crippen molar-refractivity contribution >= 4 is 0 Å². The van der Waals surface area contributed by atoms with Gasteiger partial charge in [0.2, 0.25) is 5.43 Å². The van der Waals surface area contributed by atoms with Crippen molar-refractivity contribution in [1.82, 2.24) is 9.78 Å². The van der Waals surface area contributed by atoms with Crippen molar-refractivity contribution in [3.05, 3.63) is 57.8 Å². The molecule has 0 spiro atoms. The lowest BCUT2D eigenvalue weighted by Gasteiger charge is -2.10. The normalized spacial score (nSPS) is 10.1. The molecule has 18 heavy (non-hydrogen) atoms. The molecule has 0 bridgehead atoms. The fourth-order valence-corrected chi connectivity index (χ4v) is 1.65. The van der Waals surface area contributed by atoms with Gasteiger partial charge in [-0.05, 0) is 25.1 Å². The summed E-state index contributed by atoms with van der Waals surface area (Å²) >= 11 is 0. The lowest BCUT2D eigenvalue weighted by atomic mass is 10.2. The summed E-state index contributed by atoms with van der Waals surface area (Å²) < 4.78 is 14.6. The highest BCUT2D eigenvalue weighted by atomic mass is 19.1. The van der Waals surface area contributed by atoms with Gasteiger partial charge in [-0.2, -0.15) is 10.4 Å². The third-order valence-corrected chi connectivity index (χ3v) is 2.48. The van der Waals surface area contributed by atoms with E-state index in [1.165, 1.54) is 22.9 Å². The number of nitrogens with zero attached hydrogens (tertiary/aromatic N) is 3. The van der Waals surface area contributed by atoms with Gasteiger partial charge in [0.1, 0.15) is 11.5 Å². The molecule has 5 heteroatoms. The standard InChI is InChI=1S/C13H10FN3O/c1-9-7-13(18)12(5-6-15)16-17(9)11-4-2-3-10(14)8-11/h2-4,7-8H,5H2,1H3. The third-order valence-electron chi connectivity index (χ3n) is 2.48. The highest BCUT2D eigenvalue weighted by molar-refractivity contribution is 5.33. The van der Waals surface area contributed by atoms with E-state index in [1.807, 2.05) is 6.07 Å². The molecule has 0 saturated heterocycles. The second-order valence-corrected chi connectivity index (χ2v) is 3.82. The molecule has 0 unspecified atom stereocenters. The Kier molecular flexibility index (Phi) is 3.20. The van der Waals surface area contributed by atoms with Gasteiger partial charge in [-0.15, -0.1) is 0 Å². The van der Waals surface area contributed by atoms with E-state index in [9.17, 15) is 9.18 Å². The average molecular weight is 243 g/mol. The Morgan fingerprint density at radius 2 is 2.22 bits per heavy atom. The molecule has 90 valence electrons. The van der Waals surface area contributed by atoms with Gasteiger partial charge in [0.15, 0.2) is 0 Å². The summed E-state index contributed by atoms with van der Waals surface area (Å²) in [5.41, 5.74) is 0.994. The highest BCUT2D eigenvalue weighted by Crippen LogP contribution is 2.10. The van der Waals surface area contributed by atoms with Crippen LogP contribution in [0.4, 0.5) is 4.39 Å². The zero-order chi connectivity index (χ0) is 13.1. The predicted octanol–water partition coefficient (Wildman–Crippen LogP) is 1.75. The zero-order valence-corrected chi connectivity index (χ0v) is 9.72. The van der Waals surface area contributed by atoms with Crippen LogP contribution in [-0.2, 0) is 6.42 Å². The molecule has 0 aliphatic rings. The maximum Gasteiger partial charge on any atom is 0.204 e. The van der Waals surface area contributed by atoms with Gasteiger partial charge in [0.25, 0.3) is 0 Å². The van der Waals surface area contributed by atoms with Crippen LogP contribution in [0.2, 0.25) is 0 Å². The van der Waals surface area contributed by atoms with Crippen molar-refractivity contribution in [2.45, 2.75) is 13.3 Å². The zero-order valence-electron chi connectivity index (χ0n) is 9.72. The summed E-state index contributed by atoms with van der Waals surface area (Å²) in [4.78, 5) is 11.6. The SMILES string of the molecule is Cc1cc(=O)c(CC#N)nn1-c1cccc(F)c1. The van der Waals surface area contributed by atoms with Gasteiger partial charge in [-0.1, -0.05) is 6.07 Å². The quantitative estimate of drug-likeness (QED) is 0.807. The van der Waals surface area contributed by atoms with Crippen molar-refractivity contribution in [1.29, 1.82) is 5.26 Å². The summed E-state index contributed by atoms with van der Waals surface area (Å²) in [5, 5.41) is 12.7. The monoisotopic (exact) mass is 243 g/mol. The van der Waals surface area contributed by atoms with Crippen molar-refractivity contribution in [3.8, 4) is 11.8 Å². The minimum atomic E-state index is -0.380. The molecular weight excluding hydrogens is 233 g/mol. The van der Waals surface area contributed by atoms with Gasteiger partial charge in [0, 0.05) is 11.8 Å². The molecule has 1 heterocycles. The van der Waals surface area contributed by atoms with Crippen molar-refractivity contribution in [2.75, 3.05) is 0 Å². The number of halogens is 1. The number of rotatable bonds is 2. The molecule has 4 nitrogen and oxygen atoms in total. The van der Waals surface area contributed by atoms with Gasteiger partial charge < -0.3 is 0 Å². The van der Waals surface area contributed by atoms with Gasteiger partial charge in [-0.25, -0.2) is 9.07 Å². The van der Waals surface area contributed by atoms with Crippen molar-refractivity contribution in [3.63, 3.8) is 0 Å². The molecular formula is C13H10FN3O. The molecule has 0 N–H and O–H groups in total. The lowest BCUT2D eigenvalue weighted by molar-refractivity contribution is 0.624. The first-order valence-electron chi connectivity index (χ1n) is 5.34. The van der Waals surface area contributed by atoms with E-state index >= 15 is 0 Å². The molecule has 0 aliphatic heterocycles. The van der Waals surface area contributed by atoms with Gasteiger partial charge in [0.05, 0.1) is 18.2 Å². The van der Waals surface area contributed by atoms with E-state index in [0.29, 0.717) is 11.4 Å². The van der Waals surface area contributed by atoms with Crippen LogP contribution < -0.4 is 5.43 Å². The molecule has 1 aromatic carbocycles. The Morgan fingerprint density at radius 1 is 1.44 bits per heavy atom. The number of aryl methyl sites for hydroxylation is 1. The van der Waals surface area contributed by atoms with Crippen molar-refractivity contribution in [2.24, 2.45) is 0 Å². The smallest absolute Gasteiger partial charge is 0.204 e. The van der Waals surface area contributed by atoms with Gasteiger partial charge >= 0.3 is 0 Å². The molecule has 0 atom stereocenters. The van der Waals surface area contributed by atoms with E-state index in [1.54, 1.807) is 19.1 Å². The number of hydrogen-bond donors (Lipinski definition) is 0. The first kappa shape index (κ1) is 12.0. The molecule has 2 rings (SSSR count). The van der Waals surface area contributed by atoms with Crippen LogP contribution in [0.5, 0.6) is 0 Å². The Hall–Kier alpha value is -2.48. The minimum Gasteiger partial charge on any atom is -0.288 e. The van der Waals surface area contributed by atoms with E-state index in [2.05, 4.69) is 5.10 Å². The summed E-state index contributed by atoms with van der Waals surface area (Å²) in [7, 11) is 0.